The molecular weight excluding hydrogens is 416 g/mol. The summed E-state index contributed by atoms with van der Waals surface area (Å²) >= 11 is 15.6. The van der Waals surface area contributed by atoms with Crippen molar-refractivity contribution in [2.24, 2.45) is 0 Å². The van der Waals surface area contributed by atoms with E-state index in [0.717, 1.165) is 19.5 Å². The van der Waals surface area contributed by atoms with Gasteiger partial charge in [-0.15, -0.1) is 11.3 Å². The largest absolute Gasteiger partial charge is 0.339 e. The number of rotatable bonds is 2. The molecule has 3 nitrogen and oxygen atoms in total. The van der Waals surface area contributed by atoms with Gasteiger partial charge in [-0.2, -0.15) is 4.98 Å². The van der Waals surface area contributed by atoms with Crippen molar-refractivity contribution < 1.29 is 0 Å². The fraction of sp³-hybridized carbons (Fsp3) is 0. The molecule has 0 spiro atoms. The Morgan fingerprint density at radius 2 is 2.00 bits per heavy atom. The standard InChI is InChI=1S/C12H6Cl2IN3S/c13-6-1-2-9(8(15)5-6)16-10-7-3-4-19-11(7)18-12(14)17-10/h1-5H,(H,16,17,18). The smallest absolute Gasteiger partial charge is 0.225 e. The van der Waals surface area contributed by atoms with Gasteiger partial charge in [0.2, 0.25) is 5.28 Å². The molecule has 0 fully saturated rings. The van der Waals surface area contributed by atoms with Crippen LogP contribution in [0, 0.1) is 3.57 Å². The molecule has 2 aromatic heterocycles. The number of thiophene rings is 1. The lowest BCUT2D eigenvalue weighted by Crippen LogP contribution is -1.97. The molecule has 0 saturated carbocycles. The molecular formula is C12H6Cl2IN3S. The maximum Gasteiger partial charge on any atom is 0.225 e. The molecule has 0 bridgehead atoms. The minimum absolute atomic E-state index is 0.237. The summed E-state index contributed by atoms with van der Waals surface area (Å²) in [5.41, 5.74) is 0.937. The molecule has 0 amide bonds. The van der Waals surface area contributed by atoms with Crippen molar-refractivity contribution in [3.05, 3.63) is 43.5 Å². The second-order valence-electron chi connectivity index (χ2n) is 3.73. The topological polar surface area (TPSA) is 37.8 Å². The first kappa shape index (κ1) is 13.4. The first-order chi connectivity index (χ1) is 9.13. The maximum absolute atomic E-state index is 5.95. The molecule has 0 radical (unpaired) electrons. The van der Waals surface area contributed by atoms with Gasteiger partial charge in [-0.1, -0.05) is 11.6 Å². The van der Waals surface area contributed by atoms with Crippen molar-refractivity contribution >= 4 is 78.9 Å². The van der Waals surface area contributed by atoms with E-state index >= 15 is 0 Å². The summed E-state index contributed by atoms with van der Waals surface area (Å²) in [6.07, 6.45) is 0. The van der Waals surface area contributed by atoms with Crippen LogP contribution in [0.1, 0.15) is 0 Å². The number of aromatic nitrogens is 2. The molecule has 0 aliphatic heterocycles. The van der Waals surface area contributed by atoms with Gasteiger partial charge in [-0.05, 0) is 63.8 Å². The van der Waals surface area contributed by atoms with E-state index in [9.17, 15) is 0 Å². The van der Waals surface area contributed by atoms with Gasteiger partial charge < -0.3 is 5.32 Å². The highest BCUT2D eigenvalue weighted by molar-refractivity contribution is 14.1. The lowest BCUT2D eigenvalue weighted by molar-refractivity contribution is 1.23. The normalized spacial score (nSPS) is 10.9. The Bertz CT molecular complexity index is 760. The molecule has 96 valence electrons. The summed E-state index contributed by atoms with van der Waals surface area (Å²) < 4.78 is 1.02. The van der Waals surface area contributed by atoms with Crippen LogP contribution in [0.15, 0.2) is 29.6 Å². The van der Waals surface area contributed by atoms with Gasteiger partial charge >= 0.3 is 0 Å². The van der Waals surface area contributed by atoms with Crippen LogP contribution in [0.4, 0.5) is 11.5 Å². The third-order valence-corrected chi connectivity index (χ3v) is 4.59. The lowest BCUT2D eigenvalue weighted by atomic mass is 10.3. The van der Waals surface area contributed by atoms with Crippen molar-refractivity contribution in [1.82, 2.24) is 9.97 Å². The van der Waals surface area contributed by atoms with Crippen molar-refractivity contribution in [3.63, 3.8) is 0 Å². The van der Waals surface area contributed by atoms with Crippen molar-refractivity contribution in [2.75, 3.05) is 5.32 Å². The Labute approximate surface area is 137 Å². The number of hydrogen-bond acceptors (Lipinski definition) is 4. The zero-order chi connectivity index (χ0) is 13.4. The van der Waals surface area contributed by atoms with E-state index in [-0.39, 0.29) is 5.28 Å². The van der Waals surface area contributed by atoms with Crippen molar-refractivity contribution in [2.45, 2.75) is 0 Å². The number of hydrogen-bond donors (Lipinski definition) is 1. The van der Waals surface area contributed by atoms with Crippen LogP contribution < -0.4 is 5.32 Å². The Morgan fingerprint density at radius 3 is 2.79 bits per heavy atom. The highest BCUT2D eigenvalue weighted by Gasteiger charge is 2.09. The molecule has 1 aromatic carbocycles. The lowest BCUT2D eigenvalue weighted by Gasteiger charge is -2.09. The van der Waals surface area contributed by atoms with Crippen LogP contribution in [-0.2, 0) is 0 Å². The molecule has 0 atom stereocenters. The van der Waals surface area contributed by atoms with Crippen LogP contribution in [-0.4, -0.2) is 9.97 Å². The summed E-state index contributed by atoms with van der Waals surface area (Å²) in [7, 11) is 0. The quantitative estimate of drug-likeness (QED) is 0.447. The zero-order valence-electron chi connectivity index (χ0n) is 9.32. The van der Waals surface area contributed by atoms with Gasteiger partial charge in [0, 0.05) is 8.59 Å². The second-order valence-corrected chi connectivity index (χ2v) is 6.56. The van der Waals surface area contributed by atoms with E-state index in [1.807, 2.05) is 29.6 Å². The Balaban J connectivity index is 2.07. The number of benzene rings is 1. The first-order valence-electron chi connectivity index (χ1n) is 5.26. The summed E-state index contributed by atoms with van der Waals surface area (Å²) in [5, 5.41) is 7.14. The maximum atomic E-state index is 5.95. The highest BCUT2D eigenvalue weighted by atomic mass is 127. The van der Waals surface area contributed by atoms with Gasteiger partial charge in [0.05, 0.1) is 11.1 Å². The molecule has 2 heterocycles. The molecule has 0 aliphatic carbocycles. The highest BCUT2D eigenvalue weighted by Crippen LogP contribution is 2.31. The summed E-state index contributed by atoms with van der Waals surface area (Å²) in [6.45, 7) is 0. The second kappa shape index (κ2) is 5.40. The SMILES string of the molecule is Clc1ccc(Nc2nc(Cl)nc3sccc23)c(I)c1. The molecule has 7 heteroatoms. The Kier molecular flexibility index (Phi) is 3.79. The summed E-state index contributed by atoms with van der Waals surface area (Å²) in [5.74, 6) is 0.705. The van der Waals surface area contributed by atoms with Crippen LogP contribution in [0.25, 0.3) is 10.2 Å². The Morgan fingerprint density at radius 1 is 1.16 bits per heavy atom. The monoisotopic (exact) mass is 421 g/mol. The van der Waals surface area contributed by atoms with Crippen LogP contribution in [0.5, 0.6) is 0 Å². The van der Waals surface area contributed by atoms with E-state index in [4.69, 9.17) is 23.2 Å². The molecule has 1 N–H and O–H groups in total. The molecule has 3 aromatic rings. The van der Waals surface area contributed by atoms with Gasteiger partial charge in [0.15, 0.2) is 0 Å². The van der Waals surface area contributed by atoms with Crippen LogP contribution in [0.2, 0.25) is 10.3 Å². The average Bonchev–Trinajstić information content (AvgIpc) is 2.80. The summed E-state index contributed by atoms with van der Waals surface area (Å²) in [6, 6.07) is 7.61. The number of fused-ring (bicyclic) bond motifs is 1. The van der Waals surface area contributed by atoms with E-state index in [0.29, 0.717) is 10.8 Å². The molecule has 0 aliphatic rings. The first-order valence-corrected chi connectivity index (χ1v) is 7.98. The average molecular weight is 422 g/mol. The molecule has 3 rings (SSSR count). The predicted molar refractivity (Wildman–Crippen MR) is 89.9 cm³/mol. The number of nitrogens with one attached hydrogen (secondary N) is 1. The van der Waals surface area contributed by atoms with Gasteiger partial charge in [0.25, 0.3) is 0 Å². The minimum atomic E-state index is 0.237. The van der Waals surface area contributed by atoms with Gasteiger partial charge in [-0.25, -0.2) is 4.98 Å². The number of anilines is 2. The predicted octanol–water partition coefficient (Wildman–Crippen LogP) is 5.35. The van der Waals surface area contributed by atoms with E-state index in [1.165, 1.54) is 11.3 Å². The number of nitrogens with zero attached hydrogens (tertiary/aromatic N) is 2. The number of halogens is 3. The molecule has 0 saturated heterocycles. The third kappa shape index (κ3) is 2.79. The minimum Gasteiger partial charge on any atom is -0.339 e. The van der Waals surface area contributed by atoms with E-state index < -0.39 is 0 Å². The molecule has 19 heavy (non-hydrogen) atoms. The third-order valence-electron chi connectivity index (χ3n) is 2.48. The van der Waals surface area contributed by atoms with Gasteiger partial charge in [0.1, 0.15) is 10.6 Å². The fourth-order valence-electron chi connectivity index (χ4n) is 1.64. The fourth-order valence-corrected chi connectivity index (χ4v) is 3.63. The van der Waals surface area contributed by atoms with Crippen LogP contribution in [0.3, 0.4) is 0 Å². The summed E-state index contributed by atoms with van der Waals surface area (Å²) in [4.78, 5) is 9.30. The van der Waals surface area contributed by atoms with E-state index in [1.54, 1.807) is 0 Å². The van der Waals surface area contributed by atoms with Crippen LogP contribution >= 0.6 is 57.1 Å². The molecule has 0 unspecified atom stereocenters. The Hall–Kier alpha value is -0.630. The van der Waals surface area contributed by atoms with Crippen molar-refractivity contribution in [1.29, 1.82) is 0 Å². The zero-order valence-corrected chi connectivity index (χ0v) is 13.8. The van der Waals surface area contributed by atoms with E-state index in [2.05, 4.69) is 37.9 Å². The van der Waals surface area contributed by atoms with Gasteiger partial charge in [-0.3, -0.25) is 0 Å². The van der Waals surface area contributed by atoms with Crippen molar-refractivity contribution in [3.8, 4) is 0 Å².